The molecule has 0 rings (SSSR count). The van der Waals surface area contributed by atoms with Gasteiger partial charge in [0, 0.05) is 0 Å². The monoisotopic (exact) mass is 433 g/mol. The van der Waals surface area contributed by atoms with Gasteiger partial charge in [0.05, 0.1) is 12.5 Å². The molecular weight excluding hydrogens is 402 g/mol. The fourth-order valence-electron chi connectivity index (χ4n) is 2.37. The number of nitrogens with one attached hydrogen (secondary N) is 3. The van der Waals surface area contributed by atoms with E-state index in [-0.39, 0.29) is 12.3 Å². The van der Waals surface area contributed by atoms with Gasteiger partial charge in [-0.25, -0.2) is 0 Å². The first-order valence-corrected chi connectivity index (χ1v) is 10.5. The average molecular weight is 434 g/mol. The normalized spacial score (nSPS) is 13.8. The molecule has 11 nitrogen and oxygen atoms in total. The van der Waals surface area contributed by atoms with Crippen LogP contribution in [0.3, 0.4) is 0 Å². The zero-order valence-electron chi connectivity index (χ0n) is 16.9. The van der Waals surface area contributed by atoms with Gasteiger partial charge in [-0.05, 0) is 30.8 Å². The third-order valence-electron chi connectivity index (χ3n) is 3.76. The summed E-state index contributed by atoms with van der Waals surface area (Å²) < 4.78 is 0. The number of aliphatic carboxylic acids is 1. The highest BCUT2D eigenvalue weighted by Gasteiger charge is 2.29. The van der Waals surface area contributed by atoms with Crippen LogP contribution in [-0.4, -0.2) is 71.4 Å². The minimum Gasteiger partial charge on any atom is -0.480 e. The van der Waals surface area contributed by atoms with E-state index < -0.39 is 60.7 Å². The van der Waals surface area contributed by atoms with Crippen LogP contribution < -0.4 is 27.4 Å². The van der Waals surface area contributed by atoms with Crippen molar-refractivity contribution in [3.8, 4) is 0 Å². The van der Waals surface area contributed by atoms with E-state index in [0.717, 1.165) is 0 Å². The summed E-state index contributed by atoms with van der Waals surface area (Å²) in [6.45, 7) is 3.14. The number of hydrogen-bond donors (Lipinski definition) is 6. The van der Waals surface area contributed by atoms with E-state index in [1.165, 1.54) is 11.8 Å². The number of amides is 4. The first kappa shape index (κ1) is 26.7. The van der Waals surface area contributed by atoms with Crippen molar-refractivity contribution < 1.29 is 29.1 Å². The van der Waals surface area contributed by atoms with Crippen molar-refractivity contribution in [2.75, 3.05) is 18.6 Å². The highest BCUT2D eigenvalue weighted by molar-refractivity contribution is 7.98. The quantitative estimate of drug-likeness (QED) is 0.184. The van der Waals surface area contributed by atoms with Crippen molar-refractivity contribution in [3.63, 3.8) is 0 Å². The zero-order valence-corrected chi connectivity index (χ0v) is 17.7. The minimum atomic E-state index is -1.36. The second-order valence-electron chi connectivity index (χ2n) is 6.92. The number of carbonyl (C=O) groups is 5. The maximum atomic E-state index is 12.6. The van der Waals surface area contributed by atoms with Crippen LogP contribution in [0.15, 0.2) is 0 Å². The molecule has 0 bridgehead atoms. The Morgan fingerprint density at radius 1 is 1.00 bits per heavy atom. The van der Waals surface area contributed by atoms with Gasteiger partial charge in [0.2, 0.25) is 23.6 Å². The van der Waals surface area contributed by atoms with Crippen molar-refractivity contribution in [2.45, 2.75) is 51.2 Å². The lowest BCUT2D eigenvalue weighted by Gasteiger charge is -2.24. The Morgan fingerprint density at radius 2 is 1.59 bits per heavy atom. The summed E-state index contributed by atoms with van der Waals surface area (Å²) in [6, 6.07) is -3.13. The Labute approximate surface area is 174 Å². The van der Waals surface area contributed by atoms with Gasteiger partial charge < -0.3 is 32.5 Å². The molecule has 0 fully saturated rings. The van der Waals surface area contributed by atoms with Gasteiger partial charge in [-0.15, -0.1) is 0 Å². The third-order valence-corrected chi connectivity index (χ3v) is 4.40. The van der Waals surface area contributed by atoms with Crippen LogP contribution >= 0.6 is 11.8 Å². The van der Waals surface area contributed by atoms with Crippen molar-refractivity contribution in [1.29, 1.82) is 0 Å². The van der Waals surface area contributed by atoms with Gasteiger partial charge in [0.25, 0.3) is 0 Å². The number of carbonyl (C=O) groups excluding carboxylic acids is 4. The predicted molar refractivity (Wildman–Crippen MR) is 109 cm³/mol. The fourth-order valence-corrected chi connectivity index (χ4v) is 2.84. The highest BCUT2D eigenvalue weighted by atomic mass is 32.2. The SMILES string of the molecule is CSCCC(NC(=O)C(N)CC(C)C)C(=O)NC(CC(N)=O)C(=O)NCC(=O)O. The lowest BCUT2D eigenvalue weighted by atomic mass is 10.0. The summed E-state index contributed by atoms with van der Waals surface area (Å²) in [4.78, 5) is 58.9. The van der Waals surface area contributed by atoms with Crippen LogP contribution in [0.4, 0.5) is 0 Å². The van der Waals surface area contributed by atoms with Crippen LogP contribution in [-0.2, 0) is 24.0 Å². The smallest absolute Gasteiger partial charge is 0.322 e. The van der Waals surface area contributed by atoms with Gasteiger partial charge >= 0.3 is 5.97 Å². The zero-order chi connectivity index (χ0) is 22.6. The molecule has 4 amide bonds. The molecule has 12 heteroatoms. The maximum absolute atomic E-state index is 12.6. The molecule has 0 saturated heterocycles. The van der Waals surface area contributed by atoms with Crippen molar-refractivity contribution >= 4 is 41.4 Å². The number of thioether (sulfide) groups is 1. The largest absolute Gasteiger partial charge is 0.480 e. The van der Waals surface area contributed by atoms with E-state index in [1.807, 2.05) is 20.1 Å². The van der Waals surface area contributed by atoms with E-state index in [4.69, 9.17) is 16.6 Å². The van der Waals surface area contributed by atoms with Crippen LogP contribution in [0.25, 0.3) is 0 Å². The topological polar surface area (TPSA) is 194 Å². The molecule has 3 unspecified atom stereocenters. The third kappa shape index (κ3) is 12.0. The number of nitrogens with two attached hydrogens (primary N) is 2. The molecule has 0 aliphatic rings. The Bertz CT molecular complexity index is 601. The van der Waals surface area contributed by atoms with Crippen LogP contribution in [0.2, 0.25) is 0 Å². The van der Waals surface area contributed by atoms with E-state index in [1.54, 1.807) is 0 Å². The van der Waals surface area contributed by atoms with Crippen LogP contribution in [0.1, 0.15) is 33.1 Å². The number of hydrogen-bond acceptors (Lipinski definition) is 7. The summed E-state index contributed by atoms with van der Waals surface area (Å²) >= 11 is 1.46. The average Bonchev–Trinajstić information content (AvgIpc) is 2.61. The van der Waals surface area contributed by atoms with Crippen LogP contribution in [0.5, 0.6) is 0 Å². The molecule has 29 heavy (non-hydrogen) atoms. The molecule has 0 radical (unpaired) electrons. The molecule has 3 atom stereocenters. The Kier molecular flexibility index (Phi) is 12.7. The molecule has 0 heterocycles. The summed E-state index contributed by atoms with van der Waals surface area (Å²) in [5.74, 6) is -3.47. The van der Waals surface area contributed by atoms with E-state index >= 15 is 0 Å². The van der Waals surface area contributed by atoms with Crippen molar-refractivity contribution in [1.82, 2.24) is 16.0 Å². The Hall–Kier alpha value is -2.34. The highest BCUT2D eigenvalue weighted by Crippen LogP contribution is 2.06. The fraction of sp³-hybridized carbons (Fsp3) is 0.706. The number of primary amides is 1. The van der Waals surface area contributed by atoms with E-state index in [9.17, 15) is 24.0 Å². The minimum absolute atomic E-state index is 0.187. The molecule has 0 spiro atoms. The summed E-state index contributed by atoms with van der Waals surface area (Å²) in [6.07, 6.45) is 2.02. The van der Waals surface area contributed by atoms with Gasteiger partial charge in [-0.2, -0.15) is 11.8 Å². The van der Waals surface area contributed by atoms with Crippen LogP contribution in [0, 0.1) is 5.92 Å². The van der Waals surface area contributed by atoms with Gasteiger partial charge in [-0.3, -0.25) is 24.0 Å². The molecule has 0 aromatic rings. The summed E-state index contributed by atoms with van der Waals surface area (Å²) in [5, 5.41) is 15.7. The Morgan fingerprint density at radius 3 is 2.07 bits per heavy atom. The molecule has 166 valence electrons. The molecule has 0 aromatic carbocycles. The van der Waals surface area contributed by atoms with Gasteiger partial charge in [0.1, 0.15) is 18.6 Å². The first-order chi connectivity index (χ1) is 13.5. The first-order valence-electron chi connectivity index (χ1n) is 9.10. The number of carboxylic acids is 1. The lowest BCUT2D eigenvalue weighted by molar-refractivity contribution is -0.138. The second kappa shape index (κ2) is 13.8. The Balaban J connectivity index is 5.20. The second-order valence-corrected chi connectivity index (χ2v) is 7.91. The molecule has 0 saturated carbocycles. The molecule has 0 aliphatic heterocycles. The molecule has 8 N–H and O–H groups in total. The predicted octanol–water partition coefficient (Wildman–Crippen LogP) is -1.84. The van der Waals surface area contributed by atoms with Crippen molar-refractivity contribution in [2.24, 2.45) is 17.4 Å². The molecular formula is C17H31N5O6S. The molecule has 0 aromatic heterocycles. The standard InChI is InChI=1S/C17H31N5O6S/c1-9(2)6-10(18)15(26)21-11(4-5-29-3)17(28)22-12(7-13(19)23)16(27)20-8-14(24)25/h9-12H,4-8,18H2,1-3H3,(H2,19,23)(H,20,27)(H,21,26)(H,22,28)(H,24,25). The van der Waals surface area contributed by atoms with E-state index in [2.05, 4.69) is 16.0 Å². The van der Waals surface area contributed by atoms with Crippen molar-refractivity contribution in [3.05, 3.63) is 0 Å². The number of rotatable bonds is 14. The summed E-state index contributed by atoms with van der Waals surface area (Å²) in [5.41, 5.74) is 11.0. The van der Waals surface area contributed by atoms with E-state index in [0.29, 0.717) is 12.2 Å². The van der Waals surface area contributed by atoms with Gasteiger partial charge in [0.15, 0.2) is 0 Å². The number of carboxylic acid groups (broad SMARTS) is 1. The molecule has 0 aliphatic carbocycles. The maximum Gasteiger partial charge on any atom is 0.322 e. The van der Waals surface area contributed by atoms with Gasteiger partial charge in [-0.1, -0.05) is 13.8 Å². The lowest BCUT2D eigenvalue weighted by Crippen LogP contribution is -2.56. The summed E-state index contributed by atoms with van der Waals surface area (Å²) in [7, 11) is 0.